The number of amides is 1. The number of benzene rings is 2. The number of hydrogen-bond donors (Lipinski definition) is 2. The molecule has 3 rings (SSSR count). The van der Waals surface area contributed by atoms with E-state index in [0.29, 0.717) is 36.0 Å². The fraction of sp³-hybridized carbons (Fsp3) is 0.517. The van der Waals surface area contributed by atoms with Gasteiger partial charge in [-0.2, -0.15) is 0 Å². The molecule has 2 N–H and O–H groups in total. The zero-order valence-corrected chi connectivity index (χ0v) is 21.4. The van der Waals surface area contributed by atoms with E-state index in [1.165, 1.54) is 6.07 Å². The summed E-state index contributed by atoms with van der Waals surface area (Å²) in [5.74, 6) is -1.33. The first-order valence-corrected chi connectivity index (χ1v) is 12.8. The van der Waals surface area contributed by atoms with Crippen LogP contribution >= 0.6 is 0 Å². The van der Waals surface area contributed by atoms with Crippen molar-refractivity contribution in [1.82, 2.24) is 10.2 Å². The van der Waals surface area contributed by atoms with Gasteiger partial charge in [0.05, 0.1) is 5.41 Å². The number of carboxylic acid groups (broad SMARTS) is 1. The number of hydrogen-bond acceptors (Lipinski definition) is 3. The number of rotatable bonds is 11. The van der Waals surface area contributed by atoms with E-state index in [4.69, 9.17) is 0 Å². The highest BCUT2D eigenvalue weighted by molar-refractivity contribution is 5.94. The summed E-state index contributed by atoms with van der Waals surface area (Å²) in [4.78, 5) is 27.6. The van der Waals surface area contributed by atoms with Crippen molar-refractivity contribution < 1.29 is 19.1 Å². The van der Waals surface area contributed by atoms with Gasteiger partial charge in [0.1, 0.15) is 5.82 Å². The Morgan fingerprint density at radius 3 is 2.40 bits per heavy atom. The molecule has 5 nitrogen and oxygen atoms in total. The second-order valence-corrected chi connectivity index (χ2v) is 10.0. The first kappa shape index (κ1) is 26.9. The standard InChI is InChI=1S/C29H39FN2O3/c1-5-16-32(17-6-2)19-20(3)31-27(33)23-12-10-22(11-13-23)24-14-15-29(18-24,28(34)35)25-8-7-9-26(30)21(25)4/h7-13,20,24H,5-6,14-19H2,1-4H3,(H,31,33)(H,34,35)/t20-,24?,29?/m1/s1. The summed E-state index contributed by atoms with van der Waals surface area (Å²) in [6.07, 6.45) is 3.76. The van der Waals surface area contributed by atoms with Crippen LogP contribution in [-0.4, -0.2) is 47.6 Å². The molecule has 0 saturated heterocycles. The Kier molecular flexibility index (Phi) is 9.06. The molecule has 0 bridgehead atoms. The molecule has 2 aromatic rings. The summed E-state index contributed by atoms with van der Waals surface area (Å²) >= 11 is 0. The van der Waals surface area contributed by atoms with Crippen molar-refractivity contribution in [2.75, 3.05) is 19.6 Å². The van der Waals surface area contributed by atoms with Crippen LogP contribution in [0, 0.1) is 12.7 Å². The van der Waals surface area contributed by atoms with Gasteiger partial charge in [-0.25, -0.2) is 4.39 Å². The number of nitrogens with one attached hydrogen (secondary N) is 1. The number of carboxylic acids is 1. The summed E-state index contributed by atoms with van der Waals surface area (Å²) in [6.45, 7) is 10.9. The third-order valence-corrected chi connectivity index (χ3v) is 7.34. The summed E-state index contributed by atoms with van der Waals surface area (Å²) in [7, 11) is 0. The predicted octanol–water partition coefficient (Wildman–Crippen LogP) is 5.66. The molecule has 190 valence electrons. The fourth-order valence-corrected chi connectivity index (χ4v) is 5.58. The fourth-order valence-electron chi connectivity index (χ4n) is 5.58. The van der Waals surface area contributed by atoms with E-state index in [1.54, 1.807) is 19.1 Å². The molecule has 35 heavy (non-hydrogen) atoms. The van der Waals surface area contributed by atoms with Crippen molar-refractivity contribution in [3.63, 3.8) is 0 Å². The molecule has 1 fully saturated rings. The SMILES string of the molecule is CCCN(CCC)C[C@@H](C)NC(=O)c1ccc(C2CCC(C(=O)O)(c3cccc(F)c3C)C2)cc1. The van der Waals surface area contributed by atoms with E-state index in [-0.39, 0.29) is 23.7 Å². The molecule has 0 spiro atoms. The van der Waals surface area contributed by atoms with Gasteiger partial charge >= 0.3 is 5.97 Å². The quantitative estimate of drug-likeness (QED) is 0.433. The lowest BCUT2D eigenvalue weighted by Crippen LogP contribution is -2.42. The molecule has 0 radical (unpaired) electrons. The van der Waals surface area contributed by atoms with E-state index in [0.717, 1.165) is 38.0 Å². The highest BCUT2D eigenvalue weighted by Gasteiger charge is 2.48. The normalized spacial score (nSPS) is 20.7. The third-order valence-electron chi connectivity index (χ3n) is 7.34. The van der Waals surface area contributed by atoms with Gasteiger partial charge in [0.15, 0.2) is 0 Å². The van der Waals surface area contributed by atoms with E-state index in [9.17, 15) is 19.1 Å². The molecule has 2 aromatic carbocycles. The lowest BCUT2D eigenvalue weighted by molar-refractivity contribution is -0.143. The number of halogens is 1. The summed E-state index contributed by atoms with van der Waals surface area (Å²) < 4.78 is 14.2. The molecule has 1 saturated carbocycles. The Morgan fingerprint density at radius 1 is 1.14 bits per heavy atom. The van der Waals surface area contributed by atoms with Crippen LogP contribution in [0.3, 0.4) is 0 Å². The van der Waals surface area contributed by atoms with E-state index in [2.05, 4.69) is 24.1 Å². The lowest BCUT2D eigenvalue weighted by atomic mass is 9.75. The smallest absolute Gasteiger partial charge is 0.314 e. The molecule has 0 aromatic heterocycles. The minimum Gasteiger partial charge on any atom is -0.481 e. The van der Waals surface area contributed by atoms with Crippen molar-refractivity contribution in [3.05, 3.63) is 70.5 Å². The maximum Gasteiger partial charge on any atom is 0.314 e. The van der Waals surface area contributed by atoms with Crippen molar-refractivity contribution in [1.29, 1.82) is 0 Å². The molecule has 1 amide bonds. The molecule has 6 heteroatoms. The Balaban J connectivity index is 1.68. The van der Waals surface area contributed by atoms with E-state index < -0.39 is 11.4 Å². The average Bonchev–Trinajstić information content (AvgIpc) is 3.28. The van der Waals surface area contributed by atoms with Gasteiger partial charge in [-0.3, -0.25) is 9.59 Å². The third kappa shape index (κ3) is 6.10. The van der Waals surface area contributed by atoms with Crippen LogP contribution in [0.1, 0.15) is 85.8 Å². The molecule has 1 aliphatic carbocycles. The monoisotopic (exact) mass is 482 g/mol. The van der Waals surface area contributed by atoms with Gasteiger partial charge in [0, 0.05) is 18.2 Å². The number of nitrogens with zero attached hydrogens (tertiary/aromatic N) is 1. The van der Waals surface area contributed by atoms with Crippen LogP contribution in [0.2, 0.25) is 0 Å². The van der Waals surface area contributed by atoms with E-state index >= 15 is 0 Å². The van der Waals surface area contributed by atoms with Crippen LogP contribution < -0.4 is 5.32 Å². The Morgan fingerprint density at radius 2 is 1.80 bits per heavy atom. The summed E-state index contributed by atoms with van der Waals surface area (Å²) in [6, 6.07) is 12.3. The van der Waals surface area contributed by atoms with Crippen LogP contribution in [0.5, 0.6) is 0 Å². The summed E-state index contributed by atoms with van der Waals surface area (Å²) in [5, 5.41) is 13.2. The van der Waals surface area contributed by atoms with Gasteiger partial charge < -0.3 is 15.3 Å². The van der Waals surface area contributed by atoms with Crippen LogP contribution in [-0.2, 0) is 10.2 Å². The Hall–Kier alpha value is -2.73. The van der Waals surface area contributed by atoms with Gasteiger partial charge in [-0.1, -0.05) is 38.1 Å². The molecular formula is C29H39FN2O3. The van der Waals surface area contributed by atoms with Crippen LogP contribution in [0.15, 0.2) is 42.5 Å². The zero-order chi connectivity index (χ0) is 25.6. The van der Waals surface area contributed by atoms with Gasteiger partial charge in [-0.15, -0.1) is 0 Å². The minimum absolute atomic E-state index is 0.0424. The van der Waals surface area contributed by atoms with Gasteiger partial charge in [0.2, 0.25) is 0 Å². The first-order valence-electron chi connectivity index (χ1n) is 12.8. The van der Waals surface area contributed by atoms with Gasteiger partial charge in [0.25, 0.3) is 5.91 Å². The van der Waals surface area contributed by atoms with Crippen LogP contribution in [0.4, 0.5) is 4.39 Å². The highest BCUT2D eigenvalue weighted by atomic mass is 19.1. The second-order valence-electron chi connectivity index (χ2n) is 10.0. The van der Waals surface area contributed by atoms with Gasteiger partial charge in [-0.05, 0) is 99.8 Å². The lowest BCUT2D eigenvalue weighted by Gasteiger charge is -2.27. The predicted molar refractivity (Wildman–Crippen MR) is 137 cm³/mol. The maximum atomic E-state index is 14.2. The average molecular weight is 483 g/mol. The second kappa shape index (κ2) is 11.8. The maximum absolute atomic E-state index is 14.2. The van der Waals surface area contributed by atoms with Crippen molar-refractivity contribution in [3.8, 4) is 0 Å². The largest absolute Gasteiger partial charge is 0.481 e. The Bertz CT molecular complexity index is 1020. The topological polar surface area (TPSA) is 69.6 Å². The molecule has 3 atom stereocenters. The molecule has 0 aliphatic heterocycles. The van der Waals surface area contributed by atoms with Crippen molar-refractivity contribution >= 4 is 11.9 Å². The highest BCUT2D eigenvalue weighted by Crippen LogP contribution is 2.49. The Labute approximate surface area is 208 Å². The summed E-state index contributed by atoms with van der Waals surface area (Å²) in [5.41, 5.74) is 1.50. The molecule has 2 unspecified atom stereocenters. The zero-order valence-electron chi connectivity index (χ0n) is 21.4. The van der Waals surface area contributed by atoms with E-state index in [1.807, 2.05) is 31.2 Å². The van der Waals surface area contributed by atoms with Crippen molar-refractivity contribution in [2.45, 2.75) is 77.2 Å². The number of aliphatic carboxylic acids is 1. The van der Waals surface area contributed by atoms with Crippen LogP contribution in [0.25, 0.3) is 0 Å². The number of carbonyl (C=O) groups is 2. The van der Waals surface area contributed by atoms with Crippen molar-refractivity contribution in [2.24, 2.45) is 0 Å². The first-order chi connectivity index (χ1) is 16.7. The minimum atomic E-state index is -1.09. The molecule has 0 heterocycles. The number of carbonyl (C=O) groups excluding carboxylic acids is 1. The molecule has 1 aliphatic rings. The molecular weight excluding hydrogens is 443 g/mol.